The second-order valence-corrected chi connectivity index (χ2v) is 5.25. The highest BCUT2D eigenvalue weighted by atomic mass is 16.6. The Kier molecular flexibility index (Phi) is 7.18. The molecule has 0 saturated heterocycles. The highest BCUT2D eigenvalue weighted by molar-refractivity contribution is 5.86. The molecule has 21 heavy (non-hydrogen) atoms. The lowest BCUT2D eigenvalue weighted by Crippen LogP contribution is -2.46. The van der Waals surface area contributed by atoms with Gasteiger partial charge in [0.2, 0.25) is 5.91 Å². The first-order valence-electron chi connectivity index (χ1n) is 6.22. The molecular weight excluding hydrogens is 284 g/mol. The van der Waals surface area contributed by atoms with E-state index in [2.05, 4.69) is 10.6 Å². The predicted octanol–water partition coefficient (Wildman–Crippen LogP) is -0.0547. The van der Waals surface area contributed by atoms with E-state index in [1.807, 2.05) is 0 Å². The minimum Gasteiger partial charge on any atom is -0.481 e. The fraction of sp³-hybridized carbons (Fsp3) is 0.667. The van der Waals surface area contributed by atoms with Crippen molar-refractivity contribution in [1.29, 1.82) is 0 Å². The lowest BCUT2D eigenvalue weighted by molar-refractivity contribution is -0.142. The molecule has 1 atom stereocenters. The average Bonchev–Trinajstić information content (AvgIpc) is 2.29. The molecule has 0 rings (SSSR count). The van der Waals surface area contributed by atoms with E-state index in [0.29, 0.717) is 0 Å². The van der Waals surface area contributed by atoms with E-state index in [1.165, 1.54) is 0 Å². The standard InChI is InChI=1S/C12H20N2O7/c1-12(2,3)21-11(20)13-6-8(15)14-7(10(18)19)4-5-9(16)17/h7H,4-6H2,1-3H3,(H,13,20)(H,14,15)(H,16,17)(H,18,19)/t7-/m1/s1. The van der Waals surface area contributed by atoms with Gasteiger partial charge in [0.1, 0.15) is 18.2 Å². The van der Waals surface area contributed by atoms with E-state index < -0.39 is 48.5 Å². The molecular formula is C12H20N2O7. The van der Waals surface area contributed by atoms with Gasteiger partial charge in [0, 0.05) is 6.42 Å². The molecule has 0 aliphatic heterocycles. The van der Waals surface area contributed by atoms with Crippen molar-refractivity contribution in [2.24, 2.45) is 0 Å². The monoisotopic (exact) mass is 304 g/mol. The van der Waals surface area contributed by atoms with Gasteiger partial charge in [-0.15, -0.1) is 0 Å². The van der Waals surface area contributed by atoms with Crippen molar-refractivity contribution in [1.82, 2.24) is 10.6 Å². The number of hydrogen-bond acceptors (Lipinski definition) is 5. The number of amides is 2. The van der Waals surface area contributed by atoms with Gasteiger partial charge in [-0.3, -0.25) is 9.59 Å². The third kappa shape index (κ3) is 10.2. The molecule has 4 N–H and O–H groups in total. The Morgan fingerprint density at radius 3 is 2.14 bits per heavy atom. The Labute approximate surface area is 121 Å². The van der Waals surface area contributed by atoms with Crippen LogP contribution in [0.2, 0.25) is 0 Å². The number of carboxylic acids is 2. The third-order valence-corrected chi connectivity index (χ3v) is 2.07. The number of rotatable bonds is 7. The molecule has 9 nitrogen and oxygen atoms in total. The molecule has 0 aromatic carbocycles. The van der Waals surface area contributed by atoms with Crippen LogP contribution in [-0.2, 0) is 19.1 Å². The first-order valence-corrected chi connectivity index (χ1v) is 6.22. The fourth-order valence-electron chi connectivity index (χ4n) is 1.24. The van der Waals surface area contributed by atoms with Crippen molar-refractivity contribution >= 4 is 23.9 Å². The molecule has 0 aromatic heterocycles. The molecule has 120 valence electrons. The number of ether oxygens (including phenoxy) is 1. The largest absolute Gasteiger partial charge is 0.481 e. The summed E-state index contributed by atoms with van der Waals surface area (Å²) in [6.07, 6.45) is -1.45. The van der Waals surface area contributed by atoms with E-state index >= 15 is 0 Å². The van der Waals surface area contributed by atoms with Crippen molar-refractivity contribution in [2.75, 3.05) is 6.54 Å². The van der Waals surface area contributed by atoms with Crippen LogP contribution in [0.15, 0.2) is 0 Å². The van der Waals surface area contributed by atoms with Crippen LogP contribution in [0.3, 0.4) is 0 Å². The predicted molar refractivity (Wildman–Crippen MR) is 70.7 cm³/mol. The van der Waals surface area contributed by atoms with Crippen LogP contribution >= 0.6 is 0 Å². The molecule has 0 fully saturated rings. The van der Waals surface area contributed by atoms with Crippen LogP contribution in [0.1, 0.15) is 33.6 Å². The minimum atomic E-state index is -1.35. The summed E-state index contributed by atoms with van der Waals surface area (Å²) in [5.41, 5.74) is -0.717. The van der Waals surface area contributed by atoms with Crippen molar-refractivity contribution < 1.29 is 34.1 Å². The Hall–Kier alpha value is -2.32. The number of nitrogens with one attached hydrogen (secondary N) is 2. The smallest absolute Gasteiger partial charge is 0.408 e. The SMILES string of the molecule is CC(C)(C)OC(=O)NCC(=O)N[C@H](CCC(=O)O)C(=O)O. The van der Waals surface area contributed by atoms with E-state index in [4.69, 9.17) is 14.9 Å². The Morgan fingerprint density at radius 2 is 1.71 bits per heavy atom. The maximum Gasteiger partial charge on any atom is 0.408 e. The first kappa shape index (κ1) is 18.7. The van der Waals surface area contributed by atoms with Crippen LogP contribution in [0.5, 0.6) is 0 Å². The lowest BCUT2D eigenvalue weighted by Gasteiger charge is -2.20. The summed E-state index contributed by atoms with van der Waals surface area (Å²) in [7, 11) is 0. The Morgan fingerprint density at radius 1 is 1.14 bits per heavy atom. The van der Waals surface area contributed by atoms with E-state index in [0.717, 1.165) is 0 Å². The maximum absolute atomic E-state index is 11.5. The zero-order valence-electron chi connectivity index (χ0n) is 12.1. The van der Waals surface area contributed by atoms with Gasteiger partial charge in [0.05, 0.1) is 0 Å². The highest BCUT2D eigenvalue weighted by Crippen LogP contribution is 2.06. The van der Waals surface area contributed by atoms with Gasteiger partial charge in [0.25, 0.3) is 0 Å². The van der Waals surface area contributed by atoms with E-state index in [1.54, 1.807) is 20.8 Å². The molecule has 0 bridgehead atoms. The van der Waals surface area contributed by atoms with E-state index in [-0.39, 0.29) is 6.42 Å². The van der Waals surface area contributed by atoms with Gasteiger partial charge in [-0.25, -0.2) is 9.59 Å². The van der Waals surface area contributed by atoms with Gasteiger partial charge < -0.3 is 25.6 Å². The minimum absolute atomic E-state index is 0.247. The normalized spacial score (nSPS) is 12.1. The van der Waals surface area contributed by atoms with E-state index in [9.17, 15) is 19.2 Å². The molecule has 0 spiro atoms. The van der Waals surface area contributed by atoms with Crippen LogP contribution in [0.4, 0.5) is 4.79 Å². The molecule has 0 saturated carbocycles. The van der Waals surface area contributed by atoms with Gasteiger partial charge in [-0.05, 0) is 27.2 Å². The topological polar surface area (TPSA) is 142 Å². The molecule has 0 aliphatic rings. The summed E-state index contributed by atoms with van der Waals surface area (Å²) in [4.78, 5) is 44.0. The fourth-order valence-corrected chi connectivity index (χ4v) is 1.24. The number of hydrogen-bond donors (Lipinski definition) is 4. The number of carbonyl (C=O) groups excluding carboxylic acids is 2. The zero-order valence-corrected chi connectivity index (χ0v) is 12.1. The van der Waals surface area contributed by atoms with Crippen LogP contribution in [0.25, 0.3) is 0 Å². The van der Waals surface area contributed by atoms with Gasteiger partial charge in [-0.1, -0.05) is 0 Å². The van der Waals surface area contributed by atoms with Crippen molar-refractivity contribution in [3.63, 3.8) is 0 Å². The molecule has 0 heterocycles. The van der Waals surface area contributed by atoms with Gasteiger partial charge in [-0.2, -0.15) is 0 Å². The Bertz CT molecular complexity index is 414. The van der Waals surface area contributed by atoms with Crippen molar-refractivity contribution in [3.05, 3.63) is 0 Å². The van der Waals surface area contributed by atoms with Crippen LogP contribution < -0.4 is 10.6 Å². The number of carboxylic acid groups (broad SMARTS) is 2. The van der Waals surface area contributed by atoms with Gasteiger partial charge >= 0.3 is 18.0 Å². The van der Waals surface area contributed by atoms with Crippen molar-refractivity contribution in [3.8, 4) is 0 Å². The number of aliphatic carboxylic acids is 2. The van der Waals surface area contributed by atoms with Crippen molar-refractivity contribution in [2.45, 2.75) is 45.3 Å². The summed E-state index contributed by atoms with van der Waals surface area (Å²) in [6, 6.07) is -1.32. The third-order valence-electron chi connectivity index (χ3n) is 2.07. The molecule has 0 unspecified atom stereocenters. The summed E-state index contributed by atoms with van der Waals surface area (Å²) in [5.74, 6) is -3.26. The highest BCUT2D eigenvalue weighted by Gasteiger charge is 2.22. The maximum atomic E-state index is 11.5. The average molecular weight is 304 g/mol. The summed E-state index contributed by atoms with van der Waals surface area (Å²) in [6.45, 7) is 4.49. The quantitative estimate of drug-likeness (QED) is 0.516. The van der Waals surface area contributed by atoms with Gasteiger partial charge in [0.15, 0.2) is 0 Å². The molecule has 9 heteroatoms. The first-order chi connectivity index (χ1) is 9.51. The number of alkyl carbamates (subject to hydrolysis) is 1. The second-order valence-electron chi connectivity index (χ2n) is 5.25. The molecule has 2 amide bonds. The summed E-state index contributed by atoms with van der Waals surface area (Å²) in [5, 5.41) is 21.6. The number of carbonyl (C=O) groups is 4. The zero-order chi connectivity index (χ0) is 16.6. The molecule has 0 aliphatic carbocycles. The summed E-state index contributed by atoms with van der Waals surface area (Å²) < 4.78 is 4.90. The summed E-state index contributed by atoms with van der Waals surface area (Å²) >= 11 is 0. The van der Waals surface area contributed by atoms with Crippen LogP contribution in [0, 0.1) is 0 Å². The van der Waals surface area contributed by atoms with Crippen LogP contribution in [-0.4, -0.2) is 52.3 Å². The molecule has 0 radical (unpaired) electrons. The second kappa shape index (κ2) is 8.08. The lowest BCUT2D eigenvalue weighted by atomic mass is 10.1. The molecule has 0 aromatic rings. The Balaban J connectivity index is 4.23.